The molecule has 822 valence electrons. The number of fused-ring (bicyclic) bond motifs is 3. The Morgan fingerprint density at radius 1 is 0.273 bits per heavy atom. The van der Waals surface area contributed by atoms with E-state index < -0.39 is 5.92 Å². The number of rotatable bonds is 26. The van der Waals surface area contributed by atoms with Gasteiger partial charge in [0.1, 0.15) is 23.1 Å². The molecule has 3 saturated carbocycles. The second-order valence-electron chi connectivity index (χ2n) is 44.9. The average molecular weight is 2010 g/mol. The van der Waals surface area contributed by atoms with Crippen LogP contribution in [0.2, 0.25) is 0 Å². The van der Waals surface area contributed by atoms with E-state index in [0.717, 1.165) is 97.3 Å². The van der Waals surface area contributed by atoms with E-state index in [1.165, 1.54) is 132 Å². The van der Waals surface area contributed by atoms with E-state index in [4.69, 9.17) is 52.1 Å². The number of methoxy groups -OCH3 is 2. The fourth-order valence-electron chi connectivity index (χ4n) is 14.9. The van der Waals surface area contributed by atoms with Crippen molar-refractivity contribution in [2.24, 2.45) is 17.8 Å². The van der Waals surface area contributed by atoms with Crippen LogP contribution in [-0.2, 0) is 81.7 Å². The van der Waals surface area contributed by atoms with Crippen molar-refractivity contribution in [2.75, 3.05) is 53.9 Å². The molecular formula is C128H216F4O11. The number of benzene rings is 9. The molecule has 9 aromatic carbocycles. The number of hydrogen-bond acceptors (Lipinski definition) is 11. The predicted octanol–water partition coefficient (Wildman–Crippen LogP) is 39.1. The first-order chi connectivity index (χ1) is 62.4. The second kappa shape index (κ2) is 72.2. The summed E-state index contributed by atoms with van der Waals surface area (Å²) in [5.41, 5.74) is 7.74. The molecule has 0 saturated heterocycles. The molecule has 0 aromatic heterocycles. The molecule has 0 spiro atoms. The highest BCUT2D eigenvalue weighted by Crippen LogP contribution is 2.38. The van der Waals surface area contributed by atoms with Gasteiger partial charge in [-0.2, -0.15) is 0 Å². The van der Waals surface area contributed by atoms with Crippen LogP contribution in [0.1, 0.15) is 395 Å². The molecule has 0 bridgehead atoms. The average Bonchev–Trinajstić information content (AvgIpc) is 1.82. The Morgan fingerprint density at radius 2 is 0.615 bits per heavy atom. The first-order valence-electron chi connectivity index (χ1n) is 49.7. The molecule has 15 heteroatoms. The fraction of sp³-hybridized carbons (Fsp3) is 0.625. The van der Waals surface area contributed by atoms with Gasteiger partial charge >= 0.3 is 0 Å². The smallest absolute Gasteiger partial charge is 0.248 e. The minimum Gasteiger partial charge on any atom is -0.497 e. The van der Waals surface area contributed by atoms with Crippen LogP contribution in [0.15, 0.2) is 188 Å². The molecule has 9 aromatic rings. The molecule has 0 radical (unpaired) electrons. The Morgan fingerprint density at radius 3 is 1.05 bits per heavy atom. The van der Waals surface area contributed by atoms with Crippen molar-refractivity contribution in [3.63, 3.8) is 0 Å². The third kappa shape index (κ3) is 71.9. The normalized spacial score (nSPS) is 13.7. The summed E-state index contributed by atoms with van der Waals surface area (Å²) in [6, 6.07) is 61.2. The third-order valence-electron chi connectivity index (χ3n) is 22.2. The summed E-state index contributed by atoms with van der Waals surface area (Å²) in [5.74, 6) is 1.43. The SMILES string of the molecule is C.C.C.C.C.C.C.C.C.CC(C)(C)OCCC1CCC(F)(F)CC1.CC(C)(C)OCCC1CCCC1.CC(C)(C)OCCC1CCCCC1.CC(C)(C)OCCc1cccc(F)c1.CC(C)(C)OCc1ccc2ccccc2c1.CC(C)(C)OCc1cccc2cc(F)ccc12.CC(C)(C)OCc1cccc2ccccc12.COc1cccc(CCOC(C)(C)C)c1.COc1cccc(CCOC(C)(C)C)c1C. The van der Waals surface area contributed by atoms with E-state index in [1.54, 1.807) is 32.4 Å². The number of halogens is 4. The van der Waals surface area contributed by atoms with Crippen LogP contribution in [0.5, 0.6) is 11.5 Å². The van der Waals surface area contributed by atoms with Gasteiger partial charge in [-0.3, -0.25) is 0 Å². The van der Waals surface area contributed by atoms with Gasteiger partial charge in [0.15, 0.2) is 0 Å². The van der Waals surface area contributed by atoms with Gasteiger partial charge < -0.3 is 52.1 Å². The van der Waals surface area contributed by atoms with Gasteiger partial charge in [-0.05, 0) is 383 Å². The summed E-state index contributed by atoms with van der Waals surface area (Å²) in [6.45, 7) is 64.6. The quantitative estimate of drug-likeness (QED) is 0.0484. The third-order valence-corrected chi connectivity index (χ3v) is 22.2. The number of hydrogen-bond donors (Lipinski definition) is 0. The molecule has 0 unspecified atom stereocenters. The summed E-state index contributed by atoms with van der Waals surface area (Å²) >= 11 is 0. The lowest BCUT2D eigenvalue weighted by atomic mass is 9.85. The zero-order chi connectivity index (χ0) is 100. The van der Waals surface area contributed by atoms with Crippen molar-refractivity contribution in [1.82, 2.24) is 0 Å². The van der Waals surface area contributed by atoms with Gasteiger partial charge in [0.05, 0.1) is 104 Å². The summed E-state index contributed by atoms with van der Waals surface area (Å²) in [4.78, 5) is 0. The zero-order valence-corrected chi connectivity index (χ0v) is 88.9. The molecule has 3 aliphatic carbocycles. The monoisotopic (exact) mass is 2010 g/mol. The maximum atomic E-state index is 13.1. The van der Waals surface area contributed by atoms with Gasteiger partial charge in [0, 0.05) is 32.7 Å². The highest BCUT2D eigenvalue weighted by Gasteiger charge is 2.35. The first-order valence-corrected chi connectivity index (χ1v) is 49.7. The summed E-state index contributed by atoms with van der Waals surface area (Å²) in [7, 11) is 3.39. The van der Waals surface area contributed by atoms with Crippen LogP contribution in [-0.4, -0.2) is 110 Å². The van der Waals surface area contributed by atoms with E-state index in [0.29, 0.717) is 51.8 Å². The van der Waals surface area contributed by atoms with Crippen molar-refractivity contribution in [3.8, 4) is 11.5 Å². The van der Waals surface area contributed by atoms with Crippen LogP contribution >= 0.6 is 0 Å². The van der Waals surface area contributed by atoms with Crippen LogP contribution in [0, 0.1) is 36.3 Å². The number of ether oxygens (including phenoxy) is 11. The Balaban J connectivity index is -0.000000367. The molecule has 0 amide bonds. The second-order valence-corrected chi connectivity index (χ2v) is 44.9. The minimum atomic E-state index is -2.40. The number of alkyl halides is 2. The Bertz CT molecular complexity index is 4650. The van der Waals surface area contributed by atoms with Crippen LogP contribution in [0.25, 0.3) is 32.3 Å². The predicted molar refractivity (Wildman–Crippen MR) is 618 cm³/mol. The lowest BCUT2D eigenvalue weighted by Crippen LogP contribution is -2.26. The summed E-state index contributed by atoms with van der Waals surface area (Å²) in [5, 5.41) is 7.09. The van der Waals surface area contributed by atoms with Gasteiger partial charge in [0.25, 0.3) is 0 Å². The molecule has 143 heavy (non-hydrogen) atoms. The molecule has 11 nitrogen and oxygen atoms in total. The van der Waals surface area contributed by atoms with Crippen molar-refractivity contribution >= 4 is 32.3 Å². The first kappa shape index (κ1) is 146. The molecule has 3 aliphatic rings. The molecule has 3 fully saturated rings. The lowest BCUT2D eigenvalue weighted by Gasteiger charge is -2.29. The largest absolute Gasteiger partial charge is 0.497 e. The van der Waals surface area contributed by atoms with E-state index >= 15 is 0 Å². The highest BCUT2D eigenvalue weighted by molar-refractivity contribution is 5.86. The van der Waals surface area contributed by atoms with Crippen LogP contribution < -0.4 is 9.47 Å². The maximum absolute atomic E-state index is 13.1. The standard InChI is InChI=1S/C15H17FO.2C15H18O.C14H22O2.C13H20O2.C12H22F2O.C12H17FO.C12H24O.C11H22O.9CH4/c1-15(2,3)17-10-12-6-4-5-11-9-13(16)7-8-14(11)12;1-15(2,3)16-11-13-9-6-8-12-7-4-5-10-14(12)13;1-15(2,3)16-11-12-8-9-13-6-4-5-7-14(13)10-12;1-11-12(7-6-8-13(11)15-5)9-10-16-14(2,3)4;1-13(2,3)15-9-8-11-6-5-7-12(10-11)14-4;1-11(2,3)15-9-6-10-4-7-12(13,14)8-5-10;1-12(2,3)14-8-7-10-5-4-6-11(13)9-10;1-12(2,3)13-10-9-11-7-5-4-6-8-11;1-11(2,3)12-9-8-10-6-4-5-7-10;;;;;;;;;/h4-9H,10H2,1-3H3;2*4-10H,11H2,1-3H3;6-8H,9-10H2,1-5H3;5-7,10H,8-9H2,1-4H3;10H,4-9H2,1-3H3;4-6,9H,7-8H2,1-3H3;11H,4-10H2,1-3H3;10H,4-9H2,1-3H3;9*1H4. The van der Waals surface area contributed by atoms with Gasteiger partial charge in [0.2, 0.25) is 5.92 Å². The highest BCUT2D eigenvalue weighted by atomic mass is 19.3. The lowest BCUT2D eigenvalue weighted by molar-refractivity contribution is -0.0555. The van der Waals surface area contributed by atoms with Crippen LogP contribution in [0.3, 0.4) is 0 Å². The molecule has 0 aliphatic heterocycles. The Labute approximate surface area is 877 Å². The van der Waals surface area contributed by atoms with Crippen molar-refractivity contribution in [3.05, 3.63) is 239 Å². The van der Waals surface area contributed by atoms with E-state index in [9.17, 15) is 17.6 Å². The van der Waals surface area contributed by atoms with Crippen molar-refractivity contribution in [1.29, 1.82) is 0 Å². The topological polar surface area (TPSA) is 102 Å². The van der Waals surface area contributed by atoms with Gasteiger partial charge in [-0.1, -0.05) is 264 Å². The molecule has 0 N–H and O–H groups in total. The van der Waals surface area contributed by atoms with Gasteiger partial charge in [-0.25, -0.2) is 17.6 Å². The fourth-order valence-corrected chi connectivity index (χ4v) is 14.9. The summed E-state index contributed by atoms with van der Waals surface area (Å²) in [6.07, 6.45) is 20.5. The minimum absolute atomic E-state index is 0. The molecule has 0 heterocycles. The van der Waals surface area contributed by atoms with Crippen molar-refractivity contribution < 1.29 is 69.7 Å². The Hall–Kier alpha value is -7.28. The van der Waals surface area contributed by atoms with E-state index in [1.807, 2.05) is 123 Å². The van der Waals surface area contributed by atoms with E-state index in [-0.39, 0.29) is 142 Å². The molecule has 0 atom stereocenters. The van der Waals surface area contributed by atoms with Crippen LogP contribution in [0.4, 0.5) is 17.6 Å². The molecular weight excluding hydrogens is 1790 g/mol. The maximum Gasteiger partial charge on any atom is 0.248 e. The Kier molecular flexibility index (Phi) is 73.9. The van der Waals surface area contributed by atoms with Gasteiger partial charge in [-0.15, -0.1) is 0 Å². The molecule has 12 rings (SSSR count). The van der Waals surface area contributed by atoms with E-state index in [2.05, 4.69) is 229 Å². The summed E-state index contributed by atoms with van der Waals surface area (Å²) < 4.78 is 113. The zero-order valence-electron chi connectivity index (χ0n) is 88.9. The van der Waals surface area contributed by atoms with Crippen molar-refractivity contribution in [2.45, 2.75) is 459 Å².